The summed E-state index contributed by atoms with van der Waals surface area (Å²) >= 11 is 3.40. The minimum atomic E-state index is -0.127. The van der Waals surface area contributed by atoms with Gasteiger partial charge in [-0.2, -0.15) is 0 Å². The van der Waals surface area contributed by atoms with Gasteiger partial charge in [0.25, 0.3) is 0 Å². The summed E-state index contributed by atoms with van der Waals surface area (Å²) in [5.74, 6) is 0.294. The molecule has 1 aliphatic carbocycles. The highest BCUT2D eigenvalue weighted by molar-refractivity contribution is 9.11. The standard InChI is InChI=1S/C10H12BrFO/c11-10-6-8(12)2-1-7(10)5-9-3-4-13-9/h2,6-7,9H,1,3-5H2. The van der Waals surface area contributed by atoms with Gasteiger partial charge in [0, 0.05) is 11.1 Å². The zero-order chi connectivity index (χ0) is 9.26. The van der Waals surface area contributed by atoms with Crippen LogP contribution in [-0.2, 0) is 4.74 Å². The first kappa shape index (κ1) is 9.41. The molecule has 0 radical (unpaired) electrons. The fraction of sp³-hybridized carbons (Fsp3) is 0.600. The van der Waals surface area contributed by atoms with Crippen molar-refractivity contribution in [3.8, 4) is 0 Å². The lowest BCUT2D eigenvalue weighted by molar-refractivity contribution is -0.0600. The second-order valence-corrected chi connectivity index (χ2v) is 4.48. The highest BCUT2D eigenvalue weighted by Crippen LogP contribution is 2.34. The van der Waals surface area contributed by atoms with Crippen molar-refractivity contribution >= 4 is 15.9 Å². The molecule has 2 unspecified atom stereocenters. The van der Waals surface area contributed by atoms with E-state index < -0.39 is 0 Å². The van der Waals surface area contributed by atoms with Crippen molar-refractivity contribution in [2.45, 2.75) is 25.4 Å². The predicted molar refractivity (Wildman–Crippen MR) is 53.3 cm³/mol. The Bertz CT molecular complexity index is 256. The number of hydrogen-bond acceptors (Lipinski definition) is 1. The van der Waals surface area contributed by atoms with Crippen molar-refractivity contribution < 1.29 is 9.13 Å². The van der Waals surface area contributed by atoms with Crippen LogP contribution in [0.2, 0.25) is 0 Å². The van der Waals surface area contributed by atoms with Gasteiger partial charge in [0.15, 0.2) is 0 Å². The molecule has 1 saturated heterocycles. The second-order valence-electron chi connectivity index (χ2n) is 3.57. The predicted octanol–water partition coefficient (Wildman–Crippen LogP) is 3.32. The van der Waals surface area contributed by atoms with Crippen LogP contribution in [0.1, 0.15) is 19.3 Å². The third-order valence-electron chi connectivity index (χ3n) is 2.60. The van der Waals surface area contributed by atoms with Crippen LogP contribution in [0.25, 0.3) is 0 Å². The van der Waals surface area contributed by atoms with Crippen LogP contribution in [0.15, 0.2) is 22.5 Å². The van der Waals surface area contributed by atoms with Gasteiger partial charge in [-0.15, -0.1) is 0 Å². The van der Waals surface area contributed by atoms with Crippen molar-refractivity contribution in [2.75, 3.05) is 6.61 Å². The summed E-state index contributed by atoms with van der Waals surface area (Å²) in [6.07, 6.45) is 6.58. The van der Waals surface area contributed by atoms with E-state index >= 15 is 0 Å². The summed E-state index contributed by atoms with van der Waals surface area (Å²) in [4.78, 5) is 0. The molecule has 1 heterocycles. The third-order valence-corrected chi connectivity index (χ3v) is 3.48. The van der Waals surface area contributed by atoms with Crippen LogP contribution in [0.5, 0.6) is 0 Å². The Balaban J connectivity index is 1.90. The largest absolute Gasteiger partial charge is 0.378 e. The first-order chi connectivity index (χ1) is 6.25. The van der Waals surface area contributed by atoms with E-state index in [-0.39, 0.29) is 5.83 Å². The molecule has 72 valence electrons. The molecule has 1 aliphatic heterocycles. The lowest BCUT2D eigenvalue weighted by Crippen LogP contribution is -2.29. The van der Waals surface area contributed by atoms with Gasteiger partial charge in [0.2, 0.25) is 0 Å². The third kappa shape index (κ3) is 2.20. The maximum atomic E-state index is 12.8. The van der Waals surface area contributed by atoms with Crippen molar-refractivity contribution in [1.82, 2.24) is 0 Å². The number of rotatable bonds is 2. The Labute approximate surface area is 85.8 Å². The minimum Gasteiger partial charge on any atom is -0.378 e. The normalized spacial score (nSPS) is 33.4. The summed E-state index contributed by atoms with van der Waals surface area (Å²) in [6, 6.07) is 0. The lowest BCUT2D eigenvalue weighted by atomic mass is 9.92. The first-order valence-electron chi connectivity index (χ1n) is 4.60. The Hall–Kier alpha value is -0.150. The van der Waals surface area contributed by atoms with Crippen molar-refractivity contribution in [3.63, 3.8) is 0 Å². The van der Waals surface area contributed by atoms with Crippen LogP contribution in [0, 0.1) is 5.92 Å². The van der Waals surface area contributed by atoms with E-state index in [1.165, 1.54) is 0 Å². The van der Waals surface area contributed by atoms with Gasteiger partial charge < -0.3 is 4.74 Å². The van der Waals surface area contributed by atoms with E-state index in [0.29, 0.717) is 12.0 Å². The van der Waals surface area contributed by atoms with Crippen molar-refractivity contribution in [2.24, 2.45) is 5.92 Å². The fourth-order valence-corrected chi connectivity index (χ4v) is 2.27. The molecule has 0 N–H and O–H groups in total. The molecule has 2 aliphatic rings. The van der Waals surface area contributed by atoms with Gasteiger partial charge in [-0.3, -0.25) is 0 Å². The average Bonchev–Trinajstić information content (AvgIpc) is 1.99. The molecule has 0 aromatic heterocycles. The molecule has 0 spiro atoms. The van der Waals surface area contributed by atoms with Crippen LogP contribution in [0.4, 0.5) is 4.39 Å². The van der Waals surface area contributed by atoms with Crippen LogP contribution >= 0.6 is 15.9 Å². The monoisotopic (exact) mass is 246 g/mol. The summed E-state index contributed by atoms with van der Waals surface area (Å²) in [7, 11) is 0. The molecule has 1 fully saturated rings. The quantitative estimate of drug-likeness (QED) is 0.727. The molecule has 2 rings (SSSR count). The molecule has 0 aromatic carbocycles. The van der Waals surface area contributed by atoms with Gasteiger partial charge in [0.1, 0.15) is 5.83 Å². The van der Waals surface area contributed by atoms with E-state index in [4.69, 9.17) is 4.74 Å². The van der Waals surface area contributed by atoms with Crippen molar-refractivity contribution in [1.29, 1.82) is 0 Å². The molecule has 0 amide bonds. The number of ether oxygens (including phenoxy) is 1. The van der Waals surface area contributed by atoms with Gasteiger partial charge in [-0.1, -0.05) is 15.9 Å². The maximum absolute atomic E-state index is 12.8. The van der Waals surface area contributed by atoms with Gasteiger partial charge >= 0.3 is 0 Å². The summed E-state index contributed by atoms with van der Waals surface area (Å²) in [5.41, 5.74) is 0. The smallest absolute Gasteiger partial charge is 0.120 e. The summed E-state index contributed by atoms with van der Waals surface area (Å²) in [5, 5.41) is 0. The maximum Gasteiger partial charge on any atom is 0.120 e. The summed E-state index contributed by atoms with van der Waals surface area (Å²) < 4.78 is 19.1. The lowest BCUT2D eigenvalue weighted by Gasteiger charge is -2.30. The Morgan fingerprint density at radius 3 is 2.92 bits per heavy atom. The minimum absolute atomic E-state index is 0.127. The molecule has 2 atom stereocenters. The Morgan fingerprint density at radius 2 is 2.38 bits per heavy atom. The average molecular weight is 247 g/mol. The van der Waals surface area contributed by atoms with Crippen molar-refractivity contribution in [3.05, 3.63) is 22.5 Å². The first-order valence-corrected chi connectivity index (χ1v) is 5.39. The van der Waals surface area contributed by atoms with Crippen LogP contribution in [0.3, 0.4) is 0 Å². The topological polar surface area (TPSA) is 9.23 Å². The molecular formula is C10H12BrFO. The van der Waals surface area contributed by atoms with Gasteiger partial charge in [-0.25, -0.2) is 4.39 Å². The Morgan fingerprint density at radius 1 is 1.62 bits per heavy atom. The highest BCUT2D eigenvalue weighted by Gasteiger charge is 2.25. The van der Waals surface area contributed by atoms with E-state index in [0.717, 1.165) is 30.4 Å². The number of allylic oxidation sites excluding steroid dienone is 4. The molecular weight excluding hydrogens is 235 g/mol. The number of halogens is 2. The fourth-order valence-electron chi connectivity index (χ4n) is 1.67. The zero-order valence-corrected chi connectivity index (χ0v) is 8.89. The van der Waals surface area contributed by atoms with Crippen LogP contribution < -0.4 is 0 Å². The second kappa shape index (κ2) is 3.93. The molecule has 13 heavy (non-hydrogen) atoms. The molecule has 1 nitrogen and oxygen atoms in total. The molecule has 0 saturated carbocycles. The molecule has 0 bridgehead atoms. The Kier molecular flexibility index (Phi) is 2.84. The zero-order valence-electron chi connectivity index (χ0n) is 7.30. The van der Waals surface area contributed by atoms with E-state index in [2.05, 4.69) is 15.9 Å². The summed E-state index contributed by atoms with van der Waals surface area (Å²) in [6.45, 7) is 0.892. The number of hydrogen-bond donors (Lipinski definition) is 0. The SMILES string of the molecule is FC1=CCC(CC2CCO2)C(Br)=C1. The van der Waals surface area contributed by atoms with E-state index in [1.54, 1.807) is 12.2 Å². The van der Waals surface area contributed by atoms with E-state index in [1.807, 2.05) is 0 Å². The van der Waals surface area contributed by atoms with Gasteiger partial charge in [0.05, 0.1) is 6.10 Å². The van der Waals surface area contributed by atoms with Crippen LogP contribution in [-0.4, -0.2) is 12.7 Å². The molecule has 0 aromatic rings. The van der Waals surface area contributed by atoms with Gasteiger partial charge in [-0.05, 0) is 37.3 Å². The molecule has 3 heteroatoms. The highest BCUT2D eigenvalue weighted by atomic mass is 79.9. The van der Waals surface area contributed by atoms with E-state index in [9.17, 15) is 4.39 Å².